The summed E-state index contributed by atoms with van der Waals surface area (Å²) in [4.78, 5) is 34.9. The largest absolute Gasteiger partial charge is 0.487 e. The number of hydrogen-bond donors (Lipinski definition) is 1. The topological polar surface area (TPSA) is 88.9 Å². The zero-order valence-corrected chi connectivity index (χ0v) is 22.1. The quantitative estimate of drug-likeness (QED) is 0.473. The SMILES string of the molecule is C=CC(=O)N1CCCC[C@@H](n2c(NC(=O)c3cccc(C)c3)nc3ccc4c(c32)OCCN4CCOC)C1. The number of carbonyl (C=O) groups excluding carboxylic acids is 2. The van der Waals surface area contributed by atoms with E-state index in [1.165, 1.54) is 6.08 Å². The second kappa shape index (κ2) is 11.3. The first-order valence-corrected chi connectivity index (χ1v) is 13.2. The molecule has 200 valence electrons. The summed E-state index contributed by atoms with van der Waals surface area (Å²) < 4.78 is 13.7. The molecule has 1 N–H and O–H groups in total. The molecule has 9 heteroatoms. The highest BCUT2D eigenvalue weighted by Gasteiger charge is 2.30. The summed E-state index contributed by atoms with van der Waals surface area (Å²) in [6.45, 7) is 9.48. The minimum absolute atomic E-state index is 0.0873. The monoisotopic (exact) mass is 517 g/mol. The summed E-state index contributed by atoms with van der Waals surface area (Å²) in [5.41, 5.74) is 4.13. The van der Waals surface area contributed by atoms with Gasteiger partial charge in [-0.1, -0.05) is 24.3 Å². The summed E-state index contributed by atoms with van der Waals surface area (Å²) in [5, 5.41) is 3.07. The van der Waals surface area contributed by atoms with Gasteiger partial charge in [-0.3, -0.25) is 14.9 Å². The van der Waals surface area contributed by atoms with Crippen molar-refractivity contribution in [2.45, 2.75) is 32.2 Å². The third kappa shape index (κ3) is 5.11. The molecule has 3 aromatic rings. The van der Waals surface area contributed by atoms with Gasteiger partial charge in [0.15, 0.2) is 5.75 Å². The molecular weight excluding hydrogens is 482 g/mol. The van der Waals surface area contributed by atoms with Crippen LogP contribution in [0.1, 0.15) is 41.2 Å². The molecule has 2 aliphatic heterocycles. The number of benzene rings is 2. The first-order valence-electron chi connectivity index (χ1n) is 13.2. The summed E-state index contributed by atoms with van der Waals surface area (Å²) in [6.07, 6.45) is 4.07. The van der Waals surface area contributed by atoms with Gasteiger partial charge >= 0.3 is 0 Å². The van der Waals surface area contributed by atoms with Gasteiger partial charge < -0.3 is 23.8 Å². The van der Waals surface area contributed by atoms with Gasteiger partial charge in [0.05, 0.1) is 30.4 Å². The van der Waals surface area contributed by atoms with Crippen molar-refractivity contribution >= 4 is 34.5 Å². The fraction of sp³-hybridized carbons (Fsp3) is 0.414. The second-order valence-electron chi connectivity index (χ2n) is 9.88. The highest BCUT2D eigenvalue weighted by atomic mass is 16.5. The van der Waals surface area contributed by atoms with Gasteiger partial charge in [-0.05, 0) is 56.5 Å². The number of aromatic nitrogens is 2. The average Bonchev–Trinajstić information content (AvgIpc) is 3.12. The van der Waals surface area contributed by atoms with E-state index in [-0.39, 0.29) is 17.9 Å². The van der Waals surface area contributed by atoms with E-state index >= 15 is 0 Å². The fourth-order valence-electron chi connectivity index (χ4n) is 5.41. The number of anilines is 2. The first-order chi connectivity index (χ1) is 18.5. The highest BCUT2D eigenvalue weighted by molar-refractivity contribution is 6.04. The van der Waals surface area contributed by atoms with E-state index < -0.39 is 0 Å². The highest BCUT2D eigenvalue weighted by Crippen LogP contribution is 2.42. The number of fused-ring (bicyclic) bond motifs is 3. The zero-order chi connectivity index (χ0) is 26.6. The van der Waals surface area contributed by atoms with Gasteiger partial charge in [-0.15, -0.1) is 0 Å². The number of nitrogens with one attached hydrogen (secondary N) is 1. The Morgan fingerprint density at radius 3 is 2.89 bits per heavy atom. The van der Waals surface area contributed by atoms with Crippen LogP contribution in [0.2, 0.25) is 0 Å². The zero-order valence-electron chi connectivity index (χ0n) is 22.1. The van der Waals surface area contributed by atoms with Crippen LogP contribution < -0.4 is 15.0 Å². The minimum atomic E-state index is -0.227. The van der Waals surface area contributed by atoms with Crippen molar-refractivity contribution in [1.82, 2.24) is 14.5 Å². The Labute approximate surface area is 223 Å². The van der Waals surface area contributed by atoms with Crippen molar-refractivity contribution in [3.05, 3.63) is 60.2 Å². The smallest absolute Gasteiger partial charge is 0.257 e. The number of nitrogens with zero attached hydrogens (tertiary/aromatic N) is 4. The number of imidazole rings is 1. The fourth-order valence-corrected chi connectivity index (χ4v) is 5.41. The predicted octanol–water partition coefficient (Wildman–Crippen LogP) is 4.18. The number of likely N-dealkylation sites (tertiary alicyclic amines) is 1. The van der Waals surface area contributed by atoms with Crippen molar-refractivity contribution in [1.29, 1.82) is 0 Å². The maximum absolute atomic E-state index is 13.3. The van der Waals surface area contributed by atoms with Gasteiger partial charge in [-0.25, -0.2) is 4.98 Å². The van der Waals surface area contributed by atoms with Crippen LogP contribution in [0.4, 0.5) is 11.6 Å². The molecule has 0 unspecified atom stereocenters. The van der Waals surface area contributed by atoms with Crippen LogP contribution in [0, 0.1) is 6.92 Å². The lowest BCUT2D eigenvalue weighted by Gasteiger charge is -2.32. The molecule has 1 atom stereocenters. The van der Waals surface area contributed by atoms with Crippen molar-refractivity contribution in [2.75, 3.05) is 56.7 Å². The number of aryl methyl sites for hydroxylation is 1. The van der Waals surface area contributed by atoms with Gasteiger partial charge in [0, 0.05) is 32.3 Å². The van der Waals surface area contributed by atoms with Crippen molar-refractivity contribution in [2.24, 2.45) is 0 Å². The van der Waals surface area contributed by atoms with Crippen molar-refractivity contribution in [3.8, 4) is 5.75 Å². The summed E-state index contributed by atoms with van der Waals surface area (Å²) >= 11 is 0. The molecule has 5 rings (SSSR count). The third-order valence-electron chi connectivity index (χ3n) is 7.30. The molecule has 9 nitrogen and oxygen atoms in total. The number of hydrogen-bond acceptors (Lipinski definition) is 6. The molecule has 2 aliphatic rings. The van der Waals surface area contributed by atoms with Gasteiger partial charge in [0.2, 0.25) is 11.9 Å². The number of amides is 2. The molecule has 0 saturated carbocycles. The van der Waals surface area contributed by atoms with E-state index in [9.17, 15) is 9.59 Å². The lowest BCUT2D eigenvalue weighted by Crippen LogP contribution is -2.36. The van der Waals surface area contributed by atoms with E-state index in [0.29, 0.717) is 37.8 Å². The Kier molecular flexibility index (Phi) is 7.64. The van der Waals surface area contributed by atoms with Crippen LogP contribution in [-0.2, 0) is 9.53 Å². The lowest BCUT2D eigenvalue weighted by atomic mass is 10.1. The Bertz CT molecular complexity index is 1350. The molecule has 3 heterocycles. The summed E-state index contributed by atoms with van der Waals surface area (Å²) in [5.74, 6) is 0.889. The maximum Gasteiger partial charge on any atom is 0.257 e. The van der Waals surface area contributed by atoms with E-state index in [1.54, 1.807) is 13.2 Å². The van der Waals surface area contributed by atoms with E-state index in [4.69, 9.17) is 14.5 Å². The predicted molar refractivity (Wildman–Crippen MR) is 148 cm³/mol. The Hall–Kier alpha value is -3.85. The van der Waals surface area contributed by atoms with Gasteiger partial charge in [-0.2, -0.15) is 0 Å². The molecule has 1 fully saturated rings. The van der Waals surface area contributed by atoms with E-state index in [1.807, 2.05) is 42.2 Å². The second-order valence-corrected chi connectivity index (χ2v) is 9.88. The van der Waals surface area contributed by atoms with Crippen LogP contribution in [0.15, 0.2) is 49.1 Å². The molecule has 2 amide bonds. The molecule has 38 heavy (non-hydrogen) atoms. The van der Waals surface area contributed by atoms with E-state index in [0.717, 1.165) is 60.4 Å². The number of methoxy groups -OCH3 is 1. The molecular formula is C29H35N5O4. The Morgan fingerprint density at radius 2 is 2.11 bits per heavy atom. The van der Waals surface area contributed by atoms with Gasteiger partial charge in [0.1, 0.15) is 12.1 Å². The molecule has 0 spiro atoms. The molecule has 0 aliphatic carbocycles. The van der Waals surface area contributed by atoms with Gasteiger partial charge in [0.25, 0.3) is 5.91 Å². The molecule has 0 bridgehead atoms. The van der Waals surface area contributed by atoms with Crippen LogP contribution in [-0.4, -0.2) is 72.8 Å². The minimum Gasteiger partial charge on any atom is -0.487 e. The summed E-state index contributed by atoms with van der Waals surface area (Å²) in [7, 11) is 1.70. The Morgan fingerprint density at radius 1 is 1.24 bits per heavy atom. The van der Waals surface area contributed by atoms with E-state index in [2.05, 4.69) is 21.4 Å². The van der Waals surface area contributed by atoms with Crippen LogP contribution in [0.3, 0.4) is 0 Å². The molecule has 1 aromatic heterocycles. The number of carbonyl (C=O) groups is 2. The standard InChI is InChI=1S/C29H35N5O4/c1-4-25(35)33-13-6-5-10-22(19-33)34-26-23(11-12-24-27(26)38-17-15-32(24)14-16-37-3)30-29(34)31-28(36)21-9-7-8-20(2)18-21/h4,7-9,11-12,18,22H,1,5-6,10,13-17,19H2,2-3H3,(H,30,31,36)/t22-/m1/s1. The number of rotatable bonds is 7. The maximum atomic E-state index is 13.3. The number of ether oxygens (including phenoxy) is 2. The lowest BCUT2D eigenvalue weighted by molar-refractivity contribution is -0.126. The van der Waals surface area contributed by atoms with Crippen LogP contribution in [0.5, 0.6) is 5.75 Å². The van der Waals surface area contributed by atoms with Crippen molar-refractivity contribution in [3.63, 3.8) is 0 Å². The molecule has 2 aromatic carbocycles. The third-order valence-corrected chi connectivity index (χ3v) is 7.30. The normalized spacial score (nSPS) is 17.5. The molecule has 1 saturated heterocycles. The molecule has 0 radical (unpaired) electrons. The average molecular weight is 518 g/mol. The Balaban J connectivity index is 1.62. The summed E-state index contributed by atoms with van der Waals surface area (Å²) in [6, 6.07) is 11.4. The van der Waals surface area contributed by atoms with Crippen LogP contribution in [0.25, 0.3) is 11.0 Å². The van der Waals surface area contributed by atoms with Crippen molar-refractivity contribution < 1.29 is 19.1 Å². The first kappa shape index (κ1) is 25.8. The van der Waals surface area contributed by atoms with Crippen LogP contribution >= 0.6 is 0 Å².